The summed E-state index contributed by atoms with van der Waals surface area (Å²) in [6.45, 7) is 2.73. The van der Waals surface area contributed by atoms with Gasteiger partial charge in [0.1, 0.15) is 5.75 Å². The lowest BCUT2D eigenvalue weighted by Gasteiger charge is -2.05. The molecule has 0 saturated heterocycles. The number of rotatable bonds is 7. The predicted octanol–water partition coefficient (Wildman–Crippen LogP) is 2.23. The zero-order valence-electron chi connectivity index (χ0n) is 10.2. The van der Waals surface area contributed by atoms with Crippen LogP contribution in [0.2, 0.25) is 0 Å². The Kier molecular flexibility index (Phi) is 6.74. The lowest BCUT2D eigenvalue weighted by Crippen LogP contribution is -2.09. The number of hydrogen-bond acceptors (Lipinski definition) is 5. The average molecular weight is 265 g/mol. The van der Waals surface area contributed by atoms with Gasteiger partial charge < -0.3 is 9.47 Å². The van der Waals surface area contributed by atoms with Crippen molar-refractivity contribution in [3.8, 4) is 11.8 Å². The van der Waals surface area contributed by atoms with Crippen molar-refractivity contribution in [2.24, 2.45) is 0 Å². The third-order valence-corrected chi connectivity index (χ3v) is 2.90. The van der Waals surface area contributed by atoms with Crippen molar-refractivity contribution in [2.75, 3.05) is 24.7 Å². The van der Waals surface area contributed by atoms with Gasteiger partial charge in [0.2, 0.25) is 0 Å². The first kappa shape index (κ1) is 14.4. The van der Waals surface area contributed by atoms with E-state index in [4.69, 9.17) is 14.7 Å². The van der Waals surface area contributed by atoms with Gasteiger partial charge in [0.15, 0.2) is 0 Å². The predicted molar refractivity (Wildman–Crippen MR) is 70.6 cm³/mol. The molecule has 0 aliphatic heterocycles. The minimum atomic E-state index is -0.194. The minimum absolute atomic E-state index is 0.194. The van der Waals surface area contributed by atoms with Crippen LogP contribution in [0.5, 0.6) is 5.75 Å². The Labute approximate surface area is 111 Å². The van der Waals surface area contributed by atoms with E-state index in [-0.39, 0.29) is 5.97 Å². The van der Waals surface area contributed by atoms with E-state index < -0.39 is 0 Å². The van der Waals surface area contributed by atoms with Gasteiger partial charge in [0.05, 0.1) is 30.6 Å². The van der Waals surface area contributed by atoms with Crippen LogP contribution in [0.3, 0.4) is 0 Å². The molecule has 0 radical (unpaired) electrons. The first-order chi connectivity index (χ1) is 8.76. The summed E-state index contributed by atoms with van der Waals surface area (Å²) in [4.78, 5) is 11.0. The van der Waals surface area contributed by atoms with Gasteiger partial charge >= 0.3 is 5.97 Å². The second-order valence-corrected chi connectivity index (χ2v) is 4.45. The molecule has 0 fully saturated rings. The molecule has 1 aromatic rings. The molecule has 0 heterocycles. The van der Waals surface area contributed by atoms with Crippen molar-refractivity contribution in [1.82, 2.24) is 0 Å². The fraction of sp³-hybridized carbons (Fsp3) is 0.385. The maximum Gasteiger partial charge on any atom is 0.315 e. The van der Waals surface area contributed by atoms with E-state index in [2.05, 4.69) is 0 Å². The van der Waals surface area contributed by atoms with Crippen LogP contribution in [0.4, 0.5) is 0 Å². The van der Waals surface area contributed by atoms with Gasteiger partial charge in [-0.05, 0) is 31.2 Å². The summed E-state index contributed by atoms with van der Waals surface area (Å²) in [5, 5.41) is 8.63. The van der Waals surface area contributed by atoms with Crippen LogP contribution in [0.1, 0.15) is 12.5 Å². The van der Waals surface area contributed by atoms with Crippen LogP contribution < -0.4 is 4.74 Å². The van der Waals surface area contributed by atoms with Crippen molar-refractivity contribution in [3.63, 3.8) is 0 Å². The number of nitrogens with zero attached hydrogens (tertiary/aromatic N) is 1. The van der Waals surface area contributed by atoms with Crippen molar-refractivity contribution >= 4 is 17.7 Å². The summed E-state index contributed by atoms with van der Waals surface area (Å²) in [5.74, 6) is 1.61. The van der Waals surface area contributed by atoms with Gasteiger partial charge in [-0.2, -0.15) is 5.26 Å². The lowest BCUT2D eigenvalue weighted by molar-refractivity contribution is -0.139. The third kappa shape index (κ3) is 5.60. The molecule has 0 aromatic heterocycles. The van der Waals surface area contributed by atoms with Crippen LogP contribution in [0, 0.1) is 11.3 Å². The molecule has 0 amide bonds. The Morgan fingerprint density at radius 3 is 2.72 bits per heavy atom. The number of hydrogen-bond donors (Lipinski definition) is 0. The van der Waals surface area contributed by atoms with E-state index in [1.165, 1.54) is 11.8 Å². The van der Waals surface area contributed by atoms with Gasteiger partial charge in [-0.25, -0.2) is 0 Å². The molecule has 1 aromatic carbocycles. The molecule has 0 bridgehead atoms. The van der Waals surface area contributed by atoms with E-state index in [0.717, 1.165) is 11.5 Å². The van der Waals surface area contributed by atoms with E-state index >= 15 is 0 Å². The summed E-state index contributed by atoms with van der Waals surface area (Å²) in [6, 6.07) is 8.98. The zero-order chi connectivity index (χ0) is 13.2. The average Bonchev–Trinajstić information content (AvgIpc) is 2.39. The molecular formula is C13H15NO3S. The van der Waals surface area contributed by atoms with Crippen molar-refractivity contribution < 1.29 is 14.3 Å². The highest BCUT2D eigenvalue weighted by Crippen LogP contribution is 2.12. The first-order valence-electron chi connectivity index (χ1n) is 5.62. The molecular weight excluding hydrogens is 250 g/mol. The van der Waals surface area contributed by atoms with Gasteiger partial charge in [0.25, 0.3) is 0 Å². The quantitative estimate of drug-likeness (QED) is 0.559. The number of carbonyl (C=O) groups is 1. The van der Waals surface area contributed by atoms with Crippen LogP contribution in [0.15, 0.2) is 24.3 Å². The van der Waals surface area contributed by atoms with E-state index in [1.54, 1.807) is 31.2 Å². The molecule has 5 heteroatoms. The molecule has 18 heavy (non-hydrogen) atoms. The zero-order valence-corrected chi connectivity index (χ0v) is 11.0. The second-order valence-electron chi connectivity index (χ2n) is 3.34. The van der Waals surface area contributed by atoms with Crippen LogP contribution in [0.25, 0.3) is 0 Å². The maximum atomic E-state index is 11.0. The first-order valence-corrected chi connectivity index (χ1v) is 6.78. The highest BCUT2D eigenvalue weighted by Gasteiger charge is 2.01. The molecule has 0 N–H and O–H groups in total. The topological polar surface area (TPSA) is 59.3 Å². The molecule has 0 unspecified atom stereocenters. The Bertz CT molecular complexity index is 411. The Hall–Kier alpha value is -1.67. The fourth-order valence-electron chi connectivity index (χ4n) is 1.20. The summed E-state index contributed by atoms with van der Waals surface area (Å²) in [5.41, 5.74) is 0.610. The lowest BCUT2D eigenvalue weighted by atomic mass is 10.2. The van der Waals surface area contributed by atoms with Gasteiger partial charge in [-0.15, -0.1) is 11.8 Å². The molecule has 0 saturated carbocycles. The van der Waals surface area contributed by atoms with Gasteiger partial charge in [-0.3, -0.25) is 4.79 Å². The normalized spacial score (nSPS) is 9.56. The monoisotopic (exact) mass is 265 g/mol. The van der Waals surface area contributed by atoms with Gasteiger partial charge in [-0.1, -0.05) is 0 Å². The van der Waals surface area contributed by atoms with Crippen LogP contribution in [-0.4, -0.2) is 30.7 Å². The smallest absolute Gasteiger partial charge is 0.315 e. The number of esters is 1. The number of nitriles is 1. The van der Waals surface area contributed by atoms with Crippen LogP contribution in [-0.2, 0) is 9.53 Å². The maximum absolute atomic E-state index is 11.0. The molecule has 0 aliphatic carbocycles. The minimum Gasteiger partial charge on any atom is -0.493 e. The highest BCUT2D eigenvalue weighted by atomic mass is 32.2. The highest BCUT2D eigenvalue weighted by molar-refractivity contribution is 7.99. The Balaban J connectivity index is 2.14. The standard InChI is InChI=1S/C13H15NO3S/c1-2-16-13(15)10-18-8-7-17-12-5-3-11(9-14)4-6-12/h3-6H,2,7-8,10H2,1H3. The van der Waals surface area contributed by atoms with Crippen molar-refractivity contribution in [2.45, 2.75) is 6.92 Å². The van der Waals surface area contributed by atoms with Crippen LogP contribution >= 0.6 is 11.8 Å². The molecule has 1 rings (SSSR count). The summed E-state index contributed by atoms with van der Waals surface area (Å²) in [7, 11) is 0. The molecule has 0 atom stereocenters. The molecule has 0 spiro atoms. The Morgan fingerprint density at radius 2 is 2.11 bits per heavy atom. The Morgan fingerprint density at radius 1 is 1.39 bits per heavy atom. The number of thioether (sulfide) groups is 1. The number of ether oxygens (including phenoxy) is 2. The second kappa shape index (κ2) is 8.43. The number of carbonyl (C=O) groups excluding carboxylic acids is 1. The molecule has 4 nitrogen and oxygen atoms in total. The largest absolute Gasteiger partial charge is 0.493 e. The fourth-order valence-corrected chi connectivity index (χ4v) is 1.80. The van der Waals surface area contributed by atoms with Crippen molar-refractivity contribution in [3.05, 3.63) is 29.8 Å². The molecule has 96 valence electrons. The molecule has 0 aliphatic rings. The summed E-state index contributed by atoms with van der Waals surface area (Å²) >= 11 is 1.48. The van der Waals surface area contributed by atoms with E-state index in [1.807, 2.05) is 6.07 Å². The third-order valence-electron chi connectivity index (χ3n) is 2.01. The van der Waals surface area contributed by atoms with E-state index in [9.17, 15) is 4.79 Å². The summed E-state index contributed by atoms with van der Waals surface area (Å²) < 4.78 is 10.3. The SMILES string of the molecule is CCOC(=O)CSCCOc1ccc(C#N)cc1. The van der Waals surface area contributed by atoms with Crippen molar-refractivity contribution in [1.29, 1.82) is 5.26 Å². The number of benzene rings is 1. The summed E-state index contributed by atoms with van der Waals surface area (Å²) in [6.07, 6.45) is 0. The van der Waals surface area contributed by atoms with Gasteiger partial charge in [0, 0.05) is 5.75 Å². The van der Waals surface area contributed by atoms with E-state index in [0.29, 0.717) is 24.5 Å².